The van der Waals surface area contributed by atoms with Crippen LogP contribution in [-0.2, 0) is 6.42 Å². The van der Waals surface area contributed by atoms with E-state index in [0.29, 0.717) is 23.5 Å². The number of aryl methyl sites for hydroxylation is 1. The van der Waals surface area contributed by atoms with Gasteiger partial charge in [0.2, 0.25) is 0 Å². The molecule has 3 aromatic rings. The Kier molecular flexibility index (Phi) is 9.61. The van der Waals surface area contributed by atoms with Gasteiger partial charge in [0.25, 0.3) is 0 Å². The fourth-order valence-electron chi connectivity index (χ4n) is 4.45. The molecule has 1 unspecified atom stereocenters. The minimum Gasteiger partial charge on any atom is -0.398 e. The smallest absolute Gasteiger partial charge is 0.128 e. The van der Waals surface area contributed by atoms with E-state index >= 15 is 0 Å². The Morgan fingerprint density at radius 2 is 2.11 bits per heavy atom. The van der Waals surface area contributed by atoms with Crippen molar-refractivity contribution in [2.24, 2.45) is 4.99 Å². The van der Waals surface area contributed by atoms with Gasteiger partial charge in [-0.25, -0.2) is 4.39 Å². The third kappa shape index (κ3) is 7.34. The van der Waals surface area contributed by atoms with Crippen LogP contribution in [0.5, 0.6) is 0 Å². The Labute approximate surface area is 228 Å². The molecule has 1 aliphatic rings. The third-order valence-corrected chi connectivity index (χ3v) is 8.29. The predicted octanol–water partition coefficient (Wildman–Crippen LogP) is 7.74. The van der Waals surface area contributed by atoms with Crippen LogP contribution in [0.25, 0.3) is 10.4 Å². The standard InChI is InChI=1S/C30H35FN4S2/c1-33-28-18-26(31)23(6-4-14-35(2)3)17-29(28)34-20-36-19-21-8-10-22(11-9-21)25-16-24(12-13-27(25)32)30-7-5-15-37-30/h5,7-10,12-13,15-18,22,34H,1,4,6,11,14,19-20,32H2,2-3H3. The average Bonchev–Trinajstić information content (AvgIpc) is 3.43. The second-order valence-electron chi connectivity index (χ2n) is 9.50. The van der Waals surface area contributed by atoms with E-state index in [1.165, 1.54) is 27.6 Å². The number of anilines is 2. The molecule has 1 aliphatic carbocycles. The lowest BCUT2D eigenvalue weighted by Crippen LogP contribution is -2.13. The van der Waals surface area contributed by atoms with E-state index in [0.717, 1.165) is 36.5 Å². The SMILES string of the molecule is C=Nc1cc(F)c(CCCN(C)C)cc1NCSCC1=CCC(c2cc(-c3cccs3)ccc2N)C=C1. The van der Waals surface area contributed by atoms with Crippen LogP contribution in [0.2, 0.25) is 0 Å². The molecule has 0 bridgehead atoms. The van der Waals surface area contributed by atoms with Crippen molar-refractivity contribution in [2.75, 3.05) is 43.3 Å². The fourth-order valence-corrected chi connectivity index (χ4v) is 5.98. The molecule has 2 aromatic carbocycles. The number of hydrogen-bond acceptors (Lipinski definition) is 6. The summed E-state index contributed by atoms with van der Waals surface area (Å²) in [4.78, 5) is 7.39. The summed E-state index contributed by atoms with van der Waals surface area (Å²) in [6.07, 6.45) is 9.35. The van der Waals surface area contributed by atoms with E-state index in [1.54, 1.807) is 23.1 Å². The first kappa shape index (κ1) is 27.2. The Morgan fingerprint density at radius 3 is 2.81 bits per heavy atom. The second kappa shape index (κ2) is 13.1. The molecular weight excluding hydrogens is 499 g/mol. The van der Waals surface area contributed by atoms with Gasteiger partial charge in [0, 0.05) is 28.3 Å². The molecule has 7 heteroatoms. The highest BCUT2D eigenvalue weighted by Crippen LogP contribution is 2.35. The minimum atomic E-state index is -0.215. The maximum absolute atomic E-state index is 14.5. The Morgan fingerprint density at radius 1 is 1.24 bits per heavy atom. The number of rotatable bonds is 12. The summed E-state index contributed by atoms with van der Waals surface area (Å²) < 4.78 is 14.5. The van der Waals surface area contributed by atoms with E-state index in [4.69, 9.17) is 5.73 Å². The van der Waals surface area contributed by atoms with Gasteiger partial charge in [0.1, 0.15) is 5.82 Å². The number of nitrogens with zero attached hydrogens (tertiary/aromatic N) is 2. The lowest BCUT2D eigenvalue weighted by molar-refractivity contribution is 0.399. The van der Waals surface area contributed by atoms with Gasteiger partial charge >= 0.3 is 0 Å². The summed E-state index contributed by atoms with van der Waals surface area (Å²) in [6, 6.07) is 13.9. The van der Waals surface area contributed by atoms with Crippen LogP contribution in [0.3, 0.4) is 0 Å². The molecule has 0 saturated heterocycles. The summed E-state index contributed by atoms with van der Waals surface area (Å²) in [6.45, 7) is 4.54. The van der Waals surface area contributed by atoms with Crippen molar-refractivity contribution < 1.29 is 4.39 Å². The molecule has 1 aromatic heterocycles. The maximum Gasteiger partial charge on any atom is 0.128 e. The molecule has 4 nitrogen and oxygen atoms in total. The Hall–Kier alpha value is -2.87. The van der Waals surface area contributed by atoms with Crippen molar-refractivity contribution in [2.45, 2.75) is 25.2 Å². The number of allylic oxidation sites excluding steroid dienone is 3. The highest BCUT2D eigenvalue weighted by Gasteiger charge is 2.16. The van der Waals surface area contributed by atoms with Gasteiger partial charge in [0.15, 0.2) is 0 Å². The molecule has 37 heavy (non-hydrogen) atoms. The normalized spacial score (nSPS) is 15.1. The van der Waals surface area contributed by atoms with E-state index < -0.39 is 0 Å². The molecule has 0 radical (unpaired) electrons. The van der Waals surface area contributed by atoms with Crippen molar-refractivity contribution in [3.63, 3.8) is 0 Å². The number of nitrogens with two attached hydrogens (primary N) is 1. The van der Waals surface area contributed by atoms with Gasteiger partial charge in [-0.1, -0.05) is 30.4 Å². The van der Waals surface area contributed by atoms with Crippen LogP contribution < -0.4 is 11.1 Å². The van der Waals surface area contributed by atoms with E-state index in [-0.39, 0.29) is 11.7 Å². The first-order chi connectivity index (χ1) is 17.9. The molecule has 0 aliphatic heterocycles. The van der Waals surface area contributed by atoms with Gasteiger partial charge in [-0.2, -0.15) is 0 Å². The molecule has 1 atom stereocenters. The van der Waals surface area contributed by atoms with E-state index in [2.05, 4.69) is 69.8 Å². The molecule has 194 valence electrons. The highest BCUT2D eigenvalue weighted by molar-refractivity contribution is 7.99. The number of hydrogen-bond donors (Lipinski definition) is 2. The molecule has 0 amide bonds. The Bertz CT molecular complexity index is 1260. The monoisotopic (exact) mass is 534 g/mol. The van der Waals surface area contributed by atoms with Gasteiger partial charge in [-0.15, -0.1) is 23.1 Å². The molecule has 1 heterocycles. The molecule has 0 fully saturated rings. The number of thiophene rings is 1. The van der Waals surface area contributed by atoms with E-state index in [1.807, 2.05) is 26.2 Å². The van der Waals surface area contributed by atoms with Crippen molar-refractivity contribution in [1.82, 2.24) is 4.90 Å². The lowest BCUT2D eigenvalue weighted by atomic mass is 9.88. The van der Waals surface area contributed by atoms with Crippen molar-refractivity contribution >= 4 is 46.9 Å². The summed E-state index contributed by atoms with van der Waals surface area (Å²) >= 11 is 3.54. The minimum absolute atomic E-state index is 0.215. The van der Waals surface area contributed by atoms with Crippen LogP contribution in [0.15, 0.2) is 76.6 Å². The zero-order chi connectivity index (χ0) is 26.2. The fraction of sp³-hybridized carbons (Fsp3) is 0.300. The Balaban J connectivity index is 1.30. The lowest BCUT2D eigenvalue weighted by Gasteiger charge is -2.19. The van der Waals surface area contributed by atoms with Crippen molar-refractivity contribution in [3.8, 4) is 10.4 Å². The average molecular weight is 535 g/mol. The molecule has 0 spiro atoms. The number of aliphatic imine (C=N–C) groups is 1. The zero-order valence-electron chi connectivity index (χ0n) is 21.5. The van der Waals surface area contributed by atoms with Crippen LogP contribution in [0, 0.1) is 5.82 Å². The summed E-state index contributed by atoms with van der Waals surface area (Å²) in [7, 11) is 4.06. The van der Waals surface area contributed by atoms with E-state index in [9.17, 15) is 4.39 Å². The number of benzene rings is 2. The quantitative estimate of drug-likeness (QED) is 0.108. The van der Waals surface area contributed by atoms with Crippen LogP contribution in [0.4, 0.5) is 21.5 Å². The molecule has 4 rings (SSSR count). The van der Waals surface area contributed by atoms with Crippen LogP contribution >= 0.6 is 23.1 Å². The first-order valence-corrected chi connectivity index (χ1v) is 14.5. The topological polar surface area (TPSA) is 53.6 Å². The predicted molar refractivity (Wildman–Crippen MR) is 162 cm³/mol. The third-order valence-electron chi connectivity index (χ3n) is 6.49. The summed E-state index contributed by atoms with van der Waals surface area (Å²) in [5.74, 6) is 1.68. The van der Waals surface area contributed by atoms with Crippen LogP contribution in [0.1, 0.15) is 29.9 Å². The zero-order valence-corrected chi connectivity index (χ0v) is 23.2. The van der Waals surface area contributed by atoms with Gasteiger partial charge in [-0.05, 0) is 98.5 Å². The van der Waals surface area contributed by atoms with Gasteiger partial charge in [0.05, 0.1) is 17.3 Å². The first-order valence-electron chi connectivity index (χ1n) is 12.5. The van der Waals surface area contributed by atoms with Crippen molar-refractivity contribution in [1.29, 1.82) is 0 Å². The number of thioether (sulfide) groups is 1. The number of nitrogen functional groups attached to an aromatic ring is 1. The molecule has 3 N–H and O–H groups in total. The van der Waals surface area contributed by atoms with Gasteiger partial charge in [-0.3, -0.25) is 4.99 Å². The number of halogens is 1. The maximum atomic E-state index is 14.5. The van der Waals surface area contributed by atoms with Crippen molar-refractivity contribution in [3.05, 3.63) is 88.6 Å². The summed E-state index contributed by atoms with van der Waals surface area (Å²) in [5, 5.41) is 5.52. The second-order valence-corrected chi connectivity index (χ2v) is 11.4. The van der Waals surface area contributed by atoms with Crippen LogP contribution in [-0.4, -0.2) is 43.9 Å². The number of nitrogens with one attached hydrogen (secondary N) is 1. The molecule has 0 saturated carbocycles. The molecular formula is C30H35FN4S2. The highest BCUT2D eigenvalue weighted by atomic mass is 32.2. The largest absolute Gasteiger partial charge is 0.398 e. The van der Waals surface area contributed by atoms with Gasteiger partial charge < -0.3 is 16.0 Å². The summed E-state index contributed by atoms with van der Waals surface area (Å²) in [5.41, 5.74) is 13.0.